The van der Waals surface area contributed by atoms with Crippen LogP contribution in [0.5, 0.6) is 0 Å². The van der Waals surface area contributed by atoms with E-state index in [1.807, 2.05) is 19.1 Å². The Bertz CT molecular complexity index is 510. The van der Waals surface area contributed by atoms with Gasteiger partial charge in [-0.3, -0.25) is 9.59 Å². The Hall–Kier alpha value is -1.88. The Morgan fingerprint density at radius 3 is 2.60 bits per heavy atom. The van der Waals surface area contributed by atoms with E-state index in [9.17, 15) is 9.59 Å². The van der Waals surface area contributed by atoms with Crippen molar-refractivity contribution in [3.8, 4) is 0 Å². The summed E-state index contributed by atoms with van der Waals surface area (Å²) in [5.41, 5.74) is 2.29. The Balaban J connectivity index is 1.93. The standard InChI is InChI=1S/C15H21N3O2/c1-10-3-6-13(17-11(2)19)14(7-10)18-15(20)9-16-8-12-4-5-12/h3,6-7,12,16H,4-5,8-9H2,1-2H3,(H,17,19)(H,18,20). The van der Waals surface area contributed by atoms with Crippen molar-refractivity contribution in [3.05, 3.63) is 23.8 Å². The molecule has 0 radical (unpaired) electrons. The fourth-order valence-electron chi connectivity index (χ4n) is 1.97. The van der Waals surface area contributed by atoms with Crippen LogP contribution in [0.1, 0.15) is 25.3 Å². The fourth-order valence-corrected chi connectivity index (χ4v) is 1.97. The number of anilines is 2. The van der Waals surface area contributed by atoms with E-state index in [0.29, 0.717) is 17.9 Å². The van der Waals surface area contributed by atoms with Crippen LogP contribution in [0.4, 0.5) is 11.4 Å². The first-order chi connectivity index (χ1) is 9.54. The number of rotatable bonds is 6. The summed E-state index contributed by atoms with van der Waals surface area (Å²) >= 11 is 0. The second kappa shape index (κ2) is 6.52. The SMILES string of the molecule is CC(=O)Nc1ccc(C)cc1NC(=O)CNCC1CC1. The molecular formula is C15H21N3O2. The van der Waals surface area contributed by atoms with Crippen LogP contribution in [0, 0.1) is 12.8 Å². The first kappa shape index (κ1) is 14.5. The molecule has 0 unspecified atom stereocenters. The Kier molecular flexibility index (Phi) is 4.74. The smallest absolute Gasteiger partial charge is 0.238 e. The van der Waals surface area contributed by atoms with Gasteiger partial charge in [0.05, 0.1) is 17.9 Å². The number of nitrogens with one attached hydrogen (secondary N) is 3. The molecule has 108 valence electrons. The van der Waals surface area contributed by atoms with E-state index in [-0.39, 0.29) is 11.8 Å². The Labute approximate surface area is 119 Å². The number of aryl methyl sites for hydroxylation is 1. The van der Waals surface area contributed by atoms with Crippen LogP contribution < -0.4 is 16.0 Å². The highest BCUT2D eigenvalue weighted by Gasteiger charge is 2.20. The molecule has 2 rings (SSSR count). The van der Waals surface area contributed by atoms with Crippen molar-refractivity contribution in [2.45, 2.75) is 26.7 Å². The minimum atomic E-state index is -0.156. The molecule has 2 amide bonds. The van der Waals surface area contributed by atoms with E-state index in [4.69, 9.17) is 0 Å². The summed E-state index contributed by atoms with van der Waals surface area (Å²) in [4.78, 5) is 23.0. The van der Waals surface area contributed by atoms with Gasteiger partial charge in [-0.2, -0.15) is 0 Å². The lowest BCUT2D eigenvalue weighted by Crippen LogP contribution is -2.29. The second-order valence-electron chi connectivity index (χ2n) is 5.35. The predicted octanol–water partition coefficient (Wildman–Crippen LogP) is 1.89. The van der Waals surface area contributed by atoms with Gasteiger partial charge < -0.3 is 16.0 Å². The maximum absolute atomic E-state index is 11.9. The summed E-state index contributed by atoms with van der Waals surface area (Å²) in [6.45, 7) is 4.59. The normalized spacial score (nSPS) is 13.9. The molecule has 0 spiro atoms. The van der Waals surface area contributed by atoms with Gasteiger partial charge in [0.25, 0.3) is 0 Å². The molecule has 0 saturated heterocycles. The number of hydrogen-bond donors (Lipinski definition) is 3. The highest BCUT2D eigenvalue weighted by atomic mass is 16.2. The molecule has 1 aliphatic rings. The van der Waals surface area contributed by atoms with Crippen LogP contribution in [0.25, 0.3) is 0 Å². The van der Waals surface area contributed by atoms with Gasteiger partial charge in [-0.25, -0.2) is 0 Å². The molecule has 5 heteroatoms. The summed E-state index contributed by atoms with van der Waals surface area (Å²) in [7, 11) is 0. The lowest BCUT2D eigenvalue weighted by molar-refractivity contribution is -0.116. The molecule has 0 bridgehead atoms. The highest BCUT2D eigenvalue weighted by Crippen LogP contribution is 2.27. The largest absolute Gasteiger partial charge is 0.325 e. The number of carbonyl (C=O) groups is 2. The first-order valence-electron chi connectivity index (χ1n) is 6.93. The molecule has 0 aliphatic heterocycles. The Morgan fingerprint density at radius 2 is 1.95 bits per heavy atom. The third kappa shape index (κ3) is 4.66. The van der Waals surface area contributed by atoms with Crippen molar-refractivity contribution < 1.29 is 9.59 Å². The van der Waals surface area contributed by atoms with E-state index in [2.05, 4.69) is 16.0 Å². The van der Waals surface area contributed by atoms with Crippen molar-refractivity contribution in [2.75, 3.05) is 23.7 Å². The monoisotopic (exact) mass is 275 g/mol. The zero-order valence-electron chi connectivity index (χ0n) is 12.0. The van der Waals surface area contributed by atoms with E-state index in [1.165, 1.54) is 19.8 Å². The molecule has 0 aromatic heterocycles. The van der Waals surface area contributed by atoms with Crippen LogP contribution in [0.15, 0.2) is 18.2 Å². The number of benzene rings is 1. The number of carbonyl (C=O) groups excluding carboxylic acids is 2. The summed E-state index contributed by atoms with van der Waals surface area (Å²) in [5.74, 6) is 0.496. The molecule has 3 N–H and O–H groups in total. The molecule has 5 nitrogen and oxygen atoms in total. The average Bonchev–Trinajstić information content (AvgIpc) is 3.16. The fraction of sp³-hybridized carbons (Fsp3) is 0.467. The van der Waals surface area contributed by atoms with Crippen molar-refractivity contribution in [1.29, 1.82) is 0 Å². The first-order valence-corrected chi connectivity index (χ1v) is 6.93. The third-order valence-corrected chi connectivity index (χ3v) is 3.18. The molecule has 1 saturated carbocycles. The van der Waals surface area contributed by atoms with Gasteiger partial charge in [0.1, 0.15) is 0 Å². The zero-order chi connectivity index (χ0) is 14.5. The van der Waals surface area contributed by atoms with Crippen LogP contribution in [-0.2, 0) is 9.59 Å². The maximum atomic E-state index is 11.9. The van der Waals surface area contributed by atoms with Gasteiger partial charge in [-0.05, 0) is 49.9 Å². The van der Waals surface area contributed by atoms with Crippen molar-refractivity contribution in [3.63, 3.8) is 0 Å². The molecule has 1 fully saturated rings. The van der Waals surface area contributed by atoms with Gasteiger partial charge in [0, 0.05) is 6.92 Å². The van der Waals surface area contributed by atoms with Crippen LogP contribution in [0.3, 0.4) is 0 Å². The number of hydrogen-bond acceptors (Lipinski definition) is 3. The molecule has 1 aliphatic carbocycles. The summed E-state index contributed by atoms with van der Waals surface area (Å²) < 4.78 is 0. The molecule has 20 heavy (non-hydrogen) atoms. The molecule has 1 aromatic carbocycles. The van der Waals surface area contributed by atoms with Crippen LogP contribution >= 0.6 is 0 Å². The van der Waals surface area contributed by atoms with Crippen LogP contribution in [0.2, 0.25) is 0 Å². The quantitative estimate of drug-likeness (QED) is 0.742. The van der Waals surface area contributed by atoms with Crippen LogP contribution in [-0.4, -0.2) is 24.9 Å². The number of amides is 2. The minimum absolute atomic E-state index is 0.0946. The van der Waals surface area contributed by atoms with Gasteiger partial charge >= 0.3 is 0 Å². The topological polar surface area (TPSA) is 70.2 Å². The van der Waals surface area contributed by atoms with E-state index < -0.39 is 0 Å². The molecular weight excluding hydrogens is 254 g/mol. The summed E-state index contributed by atoms with van der Waals surface area (Å²) in [6, 6.07) is 5.54. The second-order valence-corrected chi connectivity index (χ2v) is 5.35. The van der Waals surface area contributed by atoms with E-state index in [1.54, 1.807) is 6.07 Å². The van der Waals surface area contributed by atoms with E-state index in [0.717, 1.165) is 18.0 Å². The average molecular weight is 275 g/mol. The van der Waals surface area contributed by atoms with Gasteiger partial charge in [-0.1, -0.05) is 6.07 Å². The van der Waals surface area contributed by atoms with Gasteiger partial charge in [0.2, 0.25) is 11.8 Å². The maximum Gasteiger partial charge on any atom is 0.238 e. The lowest BCUT2D eigenvalue weighted by Gasteiger charge is -2.12. The highest BCUT2D eigenvalue weighted by molar-refractivity contribution is 5.99. The summed E-state index contributed by atoms with van der Waals surface area (Å²) in [5, 5.41) is 8.69. The predicted molar refractivity (Wildman–Crippen MR) is 79.7 cm³/mol. The third-order valence-electron chi connectivity index (χ3n) is 3.18. The lowest BCUT2D eigenvalue weighted by atomic mass is 10.2. The van der Waals surface area contributed by atoms with Gasteiger partial charge in [-0.15, -0.1) is 0 Å². The molecule has 0 atom stereocenters. The van der Waals surface area contributed by atoms with Crippen molar-refractivity contribution >= 4 is 23.2 Å². The van der Waals surface area contributed by atoms with E-state index >= 15 is 0 Å². The molecule has 0 heterocycles. The van der Waals surface area contributed by atoms with Crippen molar-refractivity contribution in [1.82, 2.24) is 5.32 Å². The van der Waals surface area contributed by atoms with Crippen molar-refractivity contribution in [2.24, 2.45) is 5.92 Å². The van der Waals surface area contributed by atoms with Gasteiger partial charge in [0.15, 0.2) is 0 Å². The minimum Gasteiger partial charge on any atom is -0.325 e. The molecule has 1 aromatic rings. The zero-order valence-corrected chi connectivity index (χ0v) is 12.0. The summed E-state index contributed by atoms with van der Waals surface area (Å²) in [6.07, 6.45) is 2.53. The Morgan fingerprint density at radius 1 is 1.20 bits per heavy atom.